The summed E-state index contributed by atoms with van der Waals surface area (Å²) in [4.78, 5) is 22.6. The summed E-state index contributed by atoms with van der Waals surface area (Å²) in [6, 6.07) is 8.58. The number of nitrogens with zero attached hydrogens (tertiary/aromatic N) is 1. The van der Waals surface area contributed by atoms with E-state index in [0.29, 0.717) is 24.4 Å². The van der Waals surface area contributed by atoms with Crippen LogP contribution in [0, 0.1) is 11.3 Å². The van der Waals surface area contributed by atoms with E-state index in [2.05, 4.69) is 10.6 Å². The minimum atomic E-state index is -0.898. The van der Waals surface area contributed by atoms with Crippen molar-refractivity contribution in [3.63, 3.8) is 0 Å². The molecule has 1 aromatic rings. The zero-order valence-corrected chi connectivity index (χ0v) is 13.1. The SMILES string of the molecule is N#C/C(=C/Nc1ccc(CC(=O)O)cc1)C(=O)NCC1CCCO1. The number of ether oxygens (including phenoxy) is 1. The van der Waals surface area contributed by atoms with Gasteiger partial charge in [-0.15, -0.1) is 0 Å². The van der Waals surface area contributed by atoms with Crippen molar-refractivity contribution in [3.8, 4) is 6.07 Å². The van der Waals surface area contributed by atoms with Gasteiger partial charge in [-0.2, -0.15) is 5.26 Å². The maximum Gasteiger partial charge on any atom is 0.307 e. The van der Waals surface area contributed by atoms with E-state index in [4.69, 9.17) is 15.1 Å². The molecule has 1 amide bonds. The average molecular weight is 329 g/mol. The minimum absolute atomic E-state index is 0.0173. The third-order valence-electron chi connectivity index (χ3n) is 3.57. The van der Waals surface area contributed by atoms with Gasteiger partial charge in [-0.1, -0.05) is 12.1 Å². The number of hydrogen-bond donors (Lipinski definition) is 3. The molecule has 0 bridgehead atoms. The Labute approximate surface area is 139 Å². The van der Waals surface area contributed by atoms with Crippen molar-refractivity contribution in [3.05, 3.63) is 41.6 Å². The molecule has 1 aliphatic heterocycles. The Kier molecular flexibility index (Phi) is 6.34. The molecular formula is C17H19N3O4. The highest BCUT2D eigenvalue weighted by atomic mass is 16.5. The fraction of sp³-hybridized carbons (Fsp3) is 0.353. The summed E-state index contributed by atoms with van der Waals surface area (Å²) in [5, 5.41) is 23.4. The highest BCUT2D eigenvalue weighted by molar-refractivity contribution is 5.97. The van der Waals surface area contributed by atoms with Crippen molar-refractivity contribution in [1.82, 2.24) is 5.32 Å². The smallest absolute Gasteiger partial charge is 0.307 e. The lowest BCUT2D eigenvalue weighted by Gasteiger charge is -2.10. The summed E-state index contributed by atoms with van der Waals surface area (Å²) in [6.45, 7) is 1.10. The van der Waals surface area contributed by atoms with Crippen LogP contribution in [0.5, 0.6) is 0 Å². The Morgan fingerprint density at radius 1 is 1.38 bits per heavy atom. The molecule has 1 fully saturated rings. The molecule has 7 nitrogen and oxygen atoms in total. The molecule has 1 heterocycles. The molecule has 1 saturated heterocycles. The van der Waals surface area contributed by atoms with E-state index >= 15 is 0 Å². The predicted molar refractivity (Wildman–Crippen MR) is 87.1 cm³/mol. The van der Waals surface area contributed by atoms with Crippen molar-refractivity contribution in [2.75, 3.05) is 18.5 Å². The fourth-order valence-electron chi connectivity index (χ4n) is 2.30. The quantitative estimate of drug-likeness (QED) is 0.515. The first-order chi connectivity index (χ1) is 11.6. The molecule has 1 unspecified atom stereocenters. The Morgan fingerprint density at radius 3 is 2.71 bits per heavy atom. The van der Waals surface area contributed by atoms with Crippen molar-refractivity contribution in [1.29, 1.82) is 5.26 Å². The van der Waals surface area contributed by atoms with E-state index in [1.807, 2.05) is 6.07 Å². The number of hydrogen-bond acceptors (Lipinski definition) is 5. The molecule has 0 radical (unpaired) electrons. The van der Waals surface area contributed by atoms with Gasteiger partial charge >= 0.3 is 5.97 Å². The van der Waals surface area contributed by atoms with Gasteiger partial charge in [0.05, 0.1) is 12.5 Å². The van der Waals surface area contributed by atoms with Gasteiger partial charge in [0.1, 0.15) is 11.6 Å². The van der Waals surface area contributed by atoms with E-state index in [1.165, 1.54) is 6.20 Å². The van der Waals surface area contributed by atoms with E-state index < -0.39 is 11.9 Å². The van der Waals surface area contributed by atoms with Gasteiger partial charge in [-0.05, 0) is 30.5 Å². The van der Waals surface area contributed by atoms with Crippen LogP contribution in [0.3, 0.4) is 0 Å². The van der Waals surface area contributed by atoms with Crippen LogP contribution in [-0.4, -0.2) is 36.2 Å². The maximum atomic E-state index is 12.0. The normalized spacial score (nSPS) is 17.1. The number of benzene rings is 1. The van der Waals surface area contributed by atoms with Crippen LogP contribution < -0.4 is 10.6 Å². The monoisotopic (exact) mass is 329 g/mol. The van der Waals surface area contributed by atoms with Crippen LogP contribution in [0.25, 0.3) is 0 Å². The second-order valence-electron chi connectivity index (χ2n) is 5.43. The number of carboxylic acids is 1. The average Bonchev–Trinajstić information content (AvgIpc) is 3.08. The van der Waals surface area contributed by atoms with Crippen LogP contribution in [0.15, 0.2) is 36.0 Å². The molecule has 0 spiro atoms. The number of nitriles is 1. The number of anilines is 1. The van der Waals surface area contributed by atoms with Crippen molar-refractivity contribution in [2.24, 2.45) is 0 Å². The standard InChI is InChI=1S/C17H19N3O4/c18-9-13(17(23)20-11-15-2-1-7-24-15)10-19-14-5-3-12(4-6-14)8-16(21)22/h3-6,10,15,19H,1-2,7-8,11H2,(H,20,23)(H,21,22)/b13-10-. The number of carbonyl (C=O) groups excluding carboxylic acids is 1. The lowest BCUT2D eigenvalue weighted by Crippen LogP contribution is -2.32. The molecule has 1 aromatic carbocycles. The Hall–Kier alpha value is -2.85. The molecular weight excluding hydrogens is 310 g/mol. The van der Waals surface area contributed by atoms with Gasteiger partial charge in [-0.3, -0.25) is 9.59 Å². The Balaban J connectivity index is 1.88. The number of aliphatic carboxylic acids is 1. The molecule has 2 rings (SSSR count). The molecule has 0 aliphatic carbocycles. The summed E-state index contributed by atoms with van der Waals surface area (Å²) in [6.07, 6.45) is 3.19. The molecule has 24 heavy (non-hydrogen) atoms. The topological polar surface area (TPSA) is 111 Å². The lowest BCUT2D eigenvalue weighted by molar-refractivity contribution is -0.136. The largest absolute Gasteiger partial charge is 0.481 e. The van der Waals surface area contributed by atoms with E-state index in [-0.39, 0.29) is 18.1 Å². The Bertz CT molecular complexity index is 655. The van der Waals surface area contributed by atoms with E-state index in [9.17, 15) is 9.59 Å². The number of carboxylic acid groups (broad SMARTS) is 1. The molecule has 7 heteroatoms. The number of nitrogens with one attached hydrogen (secondary N) is 2. The second-order valence-corrected chi connectivity index (χ2v) is 5.43. The molecule has 1 aliphatic rings. The second kappa shape index (κ2) is 8.70. The third-order valence-corrected chi connectivity index (χ3v) is 3.57. The fourth-order valence-corrected chi connectivity index (χ4v) is 2.30. The van der Waals surface area contributed by atoms with Crippen LogP contribution in [0.4, 0.5) is 5.69 Å². The summed E-state index contributed by atoms with van der Waals surface area (Å²) in [5.41, 5.74) is 1.29. The van der Waals surface area contributed by atoms with Crippen molar-refractivity contribution in [2.45, 2.75) is 25.4 Å². The van der Waals surface area contributed by atoms with E-state index in [1.54, 1.807) is 24.3 Å². The number of amides is 1. The van der Waals surface area contributed by atoms with Gasteiger partial charge < -0.3 is 20.5 Å². The van der Waals surface area contributed by atoms with Crippen LogP contribution in [0.1, 0.15) is 18.4 Å². The highest BCUT2D eigenvalue weighted by Crippen LogP contribution is 2.12. The number of rotatable bonds is 7. The zero-order chi connectivity index (χ0) is 17.4. The third kappa shape index (κ3) is 5.41. The van der Waals surface area contributed by atoms with Crippen LogP contribution in [-0.2, 0) is 20.7 Å². The van der Waals surface area contributed by atoms with E-state index in [0.717, 1.165) is 12.8 Å². The summed E-state index contributed by atoms with van der Waals surface area (Å²) in [7, 11) is 0. The molecule has 3 N–H and O–H groups in total. The first kappa shape index (κ1) is 17.5. The molecule has 0 aromatic heterocycles. The summed E-state index contributed by atoms with van der Waals surface area (Å²) < 4.78 is 5.41. The van der Waals surface area contributed by atoms with Crippen molar-refractivity contribution < 1.29 is 19.4 Å². The number of carbonyl (C=O) groups is 2. The highest BCUT2D eigenvalue weighted by Gasteiger charge is 2.17. The predicted octanol–water partition coefficient (Wildman–Crippen LogP) is 1.43. The van der Waals surface area contributed by atoms with Crippen LogP contribution in [0.2, 0.25) is 0 Å². The van der Waals surface area contributed by atoms with Crippen molar-refractivity contribution >= 4 is 17.6 Å². The summed E-state index contributed by atoms with van der Waals surface area (Å²) in [5.74, 6) is -1.35. The zero-order valence-electron chi connectivity index (χ0n) is 13.1. The molecule has 1 atom stereocenters. The van der Waals surface area contributed by atoms with Gasteiger partial charge in [0.25, 0.3) is 5.91 Å². The van der Waals surface area contributed by atoms with Gasteiger partial charge in [0, 0.05) is 25.0 Å². The van der Waals surface area contributed by atoms with Gasteiger partial charge in [-0.25, -0.2) is 0 Å². The van der Waals surface area contributed by atoms with Crippen LogP contribution >= 0.6 is 0 Å². The first-order valence-corrected chi connectivity index (χ1v) is 7.66. The molecule has 0 saturated carbocycles. The Morgan fingerprint density at radius 2 is 2.12 bits per heavy atom. The van der Waals surface area contributed by atoms with Gasteiger partial charge in [0.2, 0.25) is 0 Å². The summed E-state index contributed by atoms with van der Waals surface area (Å²) >= 11 is 0. The lowest BCUT2D eigenvalue weighted by atomic mass is 10.1. The van der Waals surface area contributed by atoms with Gasteiger partial charge in [0.15, 0.2) is 0 Å². The maximum absolute atomic E-state index is 12.0. The first-order valence-electron chi connectivity index (χ1n) is 7.66. The minimum Gasteiger partial charge on any atom is -0.481 e. The molecule has 126 valence electrons.